The molecule has 4 nitrogen and oxygen atoms in total. The van der Waals surface area contributed by atoms with Crippen molar-refractivity contribution in [2.24, 2.45) is 5.92 Å². The van der Waals surface area contributed by atoms with Crippen molar-refractivity contribution < 1.29 is 5.11 Å². The molecule has 0 bridgehead atoms. The predicted molar refractivity (Wildman–Crippen MR) is 116 cm³/mol. The molecular weight excluding hydrogens is 346 g/mol. The molecule has 2 aromatic carbocycles. The number of benzene rings is 2. The summed E-state index contributed by atoms with van der Waals surface area (Å²) in [6.07, 6.45) is 7.08. The van der Waals surface area contributed by atoms with E-state index in [9.17, 15) is 5.11 Å². The molecule has 1 atom stereocenters. The zero-order chi connectivity index (χ0) is 20.1. The SMILES string of the molecule is CCCCC(CC)C(CC)(CC)c1ccc(O)c(-n2nc3ccccc3n2)c1. The first-order chi connectivity index (χ1) is 13.6. The lowest BCUT2D eigenvalue weighted by atomic mass is 9.64. The summed E-state index contributed by atoms with van der Waals surface area (Å²) >= 11 is 0. The molecule has 0 aliphatic carbocycles. The second kappa shape index (κ2) is 8.76. The van der Waals surface area contributed by atoms with Crippen LogP contribution in [0.4, 0.5) is 0 Å². The molecular formula is C24H33N3O. The van der Waals surface area contributed by atoms with Gasteiger partial charge >= 0.3 is 0 Å². The second-order valence-corrected chi connectivity index (χ2v) is 7.79. The Morgan fingerprint density at radius 3 is 2.14 bits per heavy atom. The van der Waals surface area contributed by atoms with E-state index < -0.39 is 0 Å². The normalized spacial score (nSPS) is 13.1. The summed E-state index contributed by atoms with van der Waals surface area (Å²) in [6.45, 7) is 9.17. The minimum atomic E-state index is 0.110. The Kier molecular flexibility index (Phi) is 6.38. The van der Waals surface area contributed by atoms with E-state index in [1.54, 1.807) is 4.80 Å². The summed E-state index contributed by atoms with van der Waals surface area (Å²) in [7, 11) is 0. The zero-order valence-corrected chi connectivity index (χ0v) is 17.7. The van der Waals surface area contributed by atoms with Crippen LogP contribution < -0.4 is 0 Å². The summed E-state index contributed by atoms with van der Waals surface area (Å²) in [5.74, 6) is 0.844. The molecule has 1 N–H and O–H groups in total. The maximum Gasteiger partial charge on any atom is 0.143 e. The summed E-state index contributed by atoms with van der Waals surface area (Å²) in [5.41, 5.74) is 3.72. The van der Waals surface area contributed by atoms with Crippen LogP contribution in [-0.2, 0) is 5.41 Å². The van der Waals surface area contributed by atoms with E-state index in [-0.39, 0.29) is 11.2 Å². The Labute approximate surface area is 168 Å². The summed E-state index contributed by atoms with van der Waals surface area (Å²) < 4.78 is 0. The Hall–Kier alpha value is -2.36. The van der Waals surface area contributed by atoms with Crippen molar-refractivity contribution >= 4 is 11.0 Å². The number of hydrogen-bond donors (Lipinski definition) is 1. The molecule has 1 aromatic heterocycles. The Balaban J connectivity index is 2.09. The first-order valence-corrected chi connectivity index (χ1v) is 10.8. The van der Waals surface area contributed by atoms with Crippen LogP contribution in [0.15, 0.2) is 42.5 Å². The minimum absolute atomic E-state index is 0.110. The molecule has 28 heavy (non-hydrogen) atoms. The van der Waals surface area contributed by atoms with Crippen molar-refractivity contribution in [3.63, 3.8) is 0 Å². The van der Waals surface area contributed by atoms with Crippen molar-refractivity contribution in [1.29, 1.82) is 0 Å². The van der Waals surface area contributed by atoms with E-state index in [1.165, 1.54) is 31.2 Å². The highest BCUT2D eigenvalue weighted by atomic mass is 16.3. The van der Waals surface area contributed by atoms with Crippen LogP contribution in [0.25, 0.3) is 16.7 Å². The van der Waals surface area contributed by atoms with E-state index in [1.807, 2.05) is 30.3 Å². The molecule has 3 rings (SSSR count). The highest BCUT2D eigenvalue weighted by Crippen LogP contribution is 2.44. The van der Waals surface area contributed by atoms with Gasteiger partial charge in [-0.15, -0.1) is 15.0 Å². The molecule has 1 heterocycles. The molecule has 4 heteroatoms. The van der Waals surface area contributed by atoms with Gasteiger partial charge in [0.05, 0.1) is 0 Å². The van der Waals surface area contributed by atoms with Crippen LogP contribution >= 0.6 is 0 Å². The number of phenols is 1. The van der Waals surface area contributed by atoms with E-state index in [0.29, 0.717) is 11.6 Å². The third-order valence-corrected chi connectivity index (χ3v) is 6.49. The quantitative estimate of drug-likeness (QED) is 0.468. The average molecular weight is 380 g/mol. The highest BCUT2D eigenvalue weighted by molar-refractivity contribution is 5.73. The highest BCUT2D eigenvalue weighted by Gasteiger charge is 2.36. The van der Waals surface area contributed by atoms with Crippen LogP contribution in [0.3, 0.4) is 0 Å². The number of aromatic hydroxyl groups is 1. The number of rotatable bonds is 9. The van der Waals surface area contributed by atoms with Gasteiger partial charge in [0, 0.05) is 0 Å². The van der Waals surface area contributed by atoms with Crippen molar-refractivity contribution in [1.82, 2.24) is 15.0 Å². The smallest absolute Gasteiger partial charge is 0.143 e. The fourth-order valence-electron chi connectivity index (χ4n) is 4.75. The molecule has 0 radical (unpaired) electrons. The first kappa shape index (κ1) is 20.4. The van der Waals surface area contributed by atoms with Crippen LogP contribution in [0.5, 0.6) is 5.75 Å². The van der Waals surface area contributed by atoms with Crippen molar-refractivity contribution in [2.45, 2.75) is 71.6 Å². The Morgan fingerprint density at radius 1 is 0.964 bits per heavy atom. The number of aromatic nitrogens is 3. The maximum absolute atomic E-state index is 10.6. The van der Waals surface area contributed by atoms with Crippen LogP contribution in [0.2, 0.25) is 0 Å². The van der Waals surface area contributed by atoms with Crippen molar-refractivity contribution in [3.8, 4) is 11.4 Å². The van der Waals surface area contributed by atoms with Crippen LogP contribution in [-0.4, -0.2) is 20.1 Å². The standard InChI is InChI=1S/C24H33N3O/c1-5-9-12-18(6-2)24(7-3,8-4)19-15-16-23(28)22(17-19)27-25-20-13-10-11-14-21(20)26-27/h10-11,13-18,28H,5-9,12H2,1-4H3. The fourth-order valence-corrected chi connectivity index (χ4v) is 4.75. The molecule has 0 spiro atoms. The summed E-state index contributed by atoms with van der Waals surface area (Å²) in [6, 6.07) is 13.8. The number of unbranched alkanes of at least 4 members (excludes halogenated alkanes) is 1. The largest absolute Gasteiger partial charge is 0.506 e. The lowest BCUT2D eigenvalue weighted by Crippen LogP contribution is -2.34. The summed E-state index contributed by atoms with van der Waals surface area (Å²) in [4.78, 5) is 1.58. The molecule has 3 aromatic rings. The number of hydrogen-bond acceptors (Lipinski definition) is 3. The molecule has 0 fully saturated rings. The topological polar surface area (TPSA) is 50.9 Å². The zero-order valence-electron chi connectivity index (χ0n) is 17.7. The van der Waals surface area contributed by atoms with Gasteiger partial charge in [0.2, 0.25) is 0 Å². The third-order valence-electron chi connectivity index (χ3n) is 6.49. The van der Waals surface area contributed by atoms with Gasteiger partial charge in [-0.25, -0.2) is 0 Å². The van der Waals surface area contributed by atoms with Gasteiger partial charge in [-0.3, -0.25) is 0 Å². The molecule has 0 aliphatic rings. The number of fused-ring (bicyclic) bond motifs is 1. The lowest BCUT2D eigenvalue weighted by molar-refractivity contribution is 0.220. The van der Waals surface area contributed by atoms with Gasteiger partial charge in [-0.2, -0.15) is 0 Å². The monoisotopic (exact) mass is 379 g/mol. The van der Waals surface area contributed by atoms with Crippen LogP contribution in [0.1, 0.15) is 71.8 Å². The second-order valence-electron chi connectivity index (χ2n) is 7.79. The Morgan fingerprint density at radius 2 is 1.61 bits per heavy atom. The first-order valence-electron chi connectivity index (χ1n) is 10.8. The van der Waals surface area contributed by atoms with Crippen LogP contribution in [0, 0.1) is 5.92 Å². The molecule has 0 amide bonds. The Bertz CT molecular complexity index is 878. The molecule has 0 aliphatic heterocycles. The van der Waals surface area contributed by atoms with Gasteiger partial charge in [0.15, 0.2) is 0 Å². The number of phenolic OH excluding ortho intramolecular Hbond substituents is 1. The average Bonchev–Trinajstić information content (AvgIpc) is 3.16. The van der Waals surface area contributed by atoms with Gasteiger partial charge in [-0.05, 0) is 60.4 Å². The van der Waals surface area contributed by atoms with Gasteiger partial charge < -0.3 is 5.11 Å². The van der Waals surface area contributed by atoms with E-state index >= 15 is 0 Å². The molecule has 1 unspecified atom stereocenters. The van der Waals surface area contributed by atoms with E-state index in [4.69, 9.17) is 0 Å². The molecule has 0 saturated heterocycles. The molecule has 0 saturated carbocycles. The fraction of sp³-hybridized carbons (Fsp3) is 0.500. The lowest BCUT2D eigenvalue weighted by Gasteiger charge is -2.40. The predicted octanol–water partition coefficient (Wildman–Crippen LogP) is 6.40. The van der Waals surface area contributed by atoms with E-state index in [2.05, 4.69) is 50.0 Å². The van der Waals surface area contributed by atoms with Crippen molar-refractivity contribution in [2.75, 3.05) is 0 Å². The van der Waals surface area contributed by atoms with E-state index in [0.717, 1.165) is 23.9 Å². The summed E-state index contributed by atoms with van der Waals surface area (Å²) in [5, 5.41) is 19.7. The van der Waals surface area contributed by atoms with Gasteiger partial charge in [0.25, 0.3) is 0 Å². The number of nitrogens with zero attached hydrogens (tertiary/aromatic N) is 3. The molecule has 150 valence electrons. The van der Waals surface area contributed by atoms with Gasteiger partial charge in [0.1, 0.15) is 22.5 Å². The minimum Gasteiger partial charge on any atom is -0.506 e. The van der Waals surface area contributed by atoms with Crippen molar-refractivity contribution in [3.05, 3.63) is 48.0 Å². The third kappa shape index (κ3) is 3.65. The maximum atomic E-state index is 10.6. The van der Waals surface area contributed by atoms with Gasteiger partial charge in [-0.1, -0.05) is 65.2 Å².